The number of benzene rings is 1. The molecule has 23 heavy (non-hydrogen) atoms. The summed E-state index contributed by atoms with van der Waals surface area (Å²) < 4.78 is 44.6. The topological polar surface area (TPSA) is 55.0 Å². The first kappa shape index (κ1) is 15.1. The minimum Gasteiger partial charge on any atom is -0.464 e. The lowest BCUT2D eigenvalue weighted by molar-refractivity contribution is -0.136. The van der Waals surface area contributed by atoms with Crippen LogP contribution in [0.3, 0.4) is 0 Å². The third-order valence-electron chi connectivity index (χ3n) is 3.38. The Kier molecular flexibility index (Phi) is 3.55. The summed E-state index contributed by atoms with van der Waals surface area (Å²) in [5.41, 5.74) is -0.227. The van der Waals surface area contributed by atoms with E-state index in [1.54, 1.807) is 30.3 Å². The molecular formula is C16H11F3N2O2. The van der Waals surface area contributed by atoms with Crippen molar-refractivity contribution in [2.45, 2.75) is 6.18 Å². The average Bonchev–Trinajstić information content (AvgIpc) is 2.96. The Bertz CT molecular complexity index is 870. The zero-order valence-corrected chi connectivity index (χ0v) is 11.9. The number of H-pyrrole nitrogens is 1. The quantitative estimate of drug-likeness (QED) is 0.725. The molecule has 0 radical (unpaired) electrons. The van der Waals surface area contributed by atoms with Crippen LogP contribution in [0.2, 0.25) is 0 Å². The van der Waals surface area contributed by atoms with Crippen molar-refractivity contribution in [2.24, 2.45) is 0 Å². The first-order valence-corrected chi connectivity index (χ1v) is 6.65. The molecule has 2 heterocycles. The van der Waals surface area contributed by atoms with Gasteiger partial charge in [0.05, 0.1) is 18.4 Å². The number of pyridine rings is 1. The van der Waals surface area contributed by atoms with E-state index in [4.69, 9.17) is 0 Å². The molecule has 0 atom stereocenters. The van der Waals surface area contributed by atoms with Crippen LogP contribution in [-0.2, 0) is 10.9 Å². The highest BCUT2D eigenvalue weighted by Crippen LogP contribution is 2.37. The van der Waals surface area contributed by atoms with Gasteiger partial charge >= 0.3 is 12.1 Å². The summed E-state index contributed by atoms with van der Waals surface area (Å²) in [6, 6.07) is 10.6. The minimum absolute atomic E-state index is 0.0147. The van der Waals surface area contributed by atoms with Crippen molar-refractivity contribution in [2.75, 3.05) is 7.11 Å². The van der Waals surface area contributed by atoms with Gasteiger partial charge in [0.2, 0.25) is 0 Å². The molecular weight excluding hydrogens is 309 g/mol. The van der Waals surface area contributed by atoms with Gasteiger partial charge in [0.1, 0.15) is 11.3 Å². The number of halogens is 3. The second kappa shape index (κ2) is 5.42. The lowest BCUT2D eigenvalue weighted by atomic mass is 10.1. The molecule has 4 nitrogen and oxygen atoms in total. The van der Waals surface area contributed by atoms with E-state index >= 15 is 0 Å². The highest BCUT2D eigenvalue weighted by Gasteiger charge is 2.34. The number of aromatic amines is 1. The molecule has 0 amide bonds. The summed E-state index contributed by atoms with van der Waals surface area (Å²) in [7, 11) is 1.15. The summed E-state index contributed by atoms with van der Waals surface area (Å²) in [4.78, 5) is 18.3. The van der Waals surface area contributed by atoms with Crippen molar-refractivity contribution >= 4 is 17.0 Å². The Hall–Kier alpha value is -2.83. The smallest absolute Gasteiger partial charge is 0.417 e. The fraction of sp³-hybridized carbons (Fsp3) is 0.125. The maximum Gasteiger partial charge on any atom is 0.417 e. The van der Waals surface area contributed by atoms with Gasteiger partial charge in [0.15, 0.2) is 0 Å². The van der Waals surface area contributed by atoms with E-state index in [1.165, 1.54) is 0 Å². The number of fused-ring (bicyclic) bond motifs is 1. The summed E-state index contributed by atoms with van der Waals surface area (Å²) in [5.74, 6) is -0.752. The lowest BCUT2D eigenvalue weighted by Gasteiger charge is -2.10. The molecule has 0 unspecified atom stereocenters. The first-order chi connectivity index (χ1) is 10.9. The van der Waals surface area contributed by atoms with Crippen LogP contribution in [-0.4, -0.2) is 23.0 Å². The Balaban J connectivity index is 2.27. The van der Waals surface area contributed by atoms with E-state index in [0.29, 0.717) is 5.56 Å². The normalized spacial score (nSPS) is 11.7. The van der Waals surface area contributed by atoms with Crippen molar-refractivity contribution in [3.63, 3.8) is 0 Å². The monoisotopic (exact) mass is 320 g/mol. The summed E-state index contributed by atoms with van der Waals surface area (Å²) in [6.07, 6.45) is -4.57. The van der Waals surface area contributed by atoms with Gasteiger partial charge in [-0.1, -0.05) is 30.3 Å². The van der Waals surface area contributed by atoms with Gasteiger partial charge in [-0.2, -0.15) is 13.2 Å². The minimum atomic E-state index is -4.57. The zero-order chi connectivity index (χ0) is 16.6. The predicted molar refractivity (Wildman–Crippen MR) is 77.9 cm³/mol. The van der Waals surface area contributed by atoms with E-state index in [9.17, 15) is 18.0 Å². The van der Waals surface area contributed by atoms with Crippen molar-refractivity contribution in [1.82, 2.24) is 9.97 Å². The highest BCUT2D eigenvalue weighted by molar-refractivity contribution is 5.95. The SMILES string of the molecule is COC(=O)c1cc2c(C(F)(F)F)cc(-c3ccccc3)nc2[nH]1. The van der Waals surface area contributed by atoms with E-state index < -0.39 is 17.7 Å². The van der Waals surface area contributed by atoms with Crippen LogP contribution in [0.5, 0.6) is 0 Å². The van der Waals surface area contributed by atoms with Crippen LogP contribution in [0, 0.1) is 0 Å². The van der Waals surface area contributed by atoms with Gasteiger partial charge in [0, 0.05) is 10.9 Å². The number of hydrogen-bond donors (Lipinski definition) is 1. The number of ether oxygens (including phenoxy) is 1. The summed E-state index contributed by atoms with van der Waals surface area (Å²) >= 11 is 0. The molecule has 0 aliphatic carbocycles. The molecule has 1 aromatic carbocycles. The fourth-order valence-electron chi connectivity index (χ4n) is 2.32. The third kappa shape index (κ3) is 2.77. The average molecular weight is 320 g/mol. The Morgan fingerprint density at radius 2 is 1.87 bits per heavy atom. The Morgan fingerprint density at radius 3 is 2.48 bits per heavy atom. The van der Waals surface area contributed by atoms with E-state index in [2.05, 4.69) is 14.7 Å². The summed E-state index contributed by atoms with van der Waals surface area (Å²) in [5, 5.41) is -0.169. The van der Waals surface area contributed by atoms with Gasteiger partial charge in [-0.15, -0.1) is 0 Å². The van der Waals surface area contributed by atoms with Gasteiger partial charge < -0.3 is 9.72 Å². The molecule has 0 aliphatic rings. The van der Waals surface area contributed by atoms with Gasteiger partial charge in [-0.05, 0) is 12.1 Å². The van der Waals surface area contributed by atoms with Crippen LogP contribution < -0.4 is 0 Å². The number of nitrogens with zero attached hydrogens (tertiary/aromatic N) is 1. The predicted octanol–water partition coefficient (Wildman–Crippen LogP) is 4.04. The van der Waals surface area contributed by atoms with E-state index in [1.807, 2.05) is 0 Å². The molecule has 1 N–H and O–H groups in total. The van der Waals surface area contributed by atoms with Crippen LogP contribution in [0.25, 0.3) is 22.3 Å². The van der Waals surface area contributed by atoms with Crippen molar-refractivity contribution in [3.05, 3.63) is 53.7 Å². The van der Waals surface area contributed by atoms with Crippen molar-refractivity contribution in [3.8, 4) is 11.3 Å². The van der Waals surface area contributed by atoms with Gasteiger partial charge in [-0.3, -0.25) is 0 Å². The third-order valence-corrected chi connectivity index (χ3v) is 3.38. The van der Waals surface area contributed by atoms with Crippen molar-refractivity contribution < 1.29 is 22.7 Å². The van der Waals surface area contributed by atoms with Gasteiger partial charge in [-0.25, -0.2) is 9.78 Å². The molecule has 118 valence electrons. The Labute approximate surface area is 128 Å². The van der Waals surface area contributed by atoms with E-state index in [-0.39, 0.29) is 22.4 Å². The van der Waals surface area contributed by atoms with Crippen molar-refractivity contribution in [1.29, 1.82) is 0 Å². The maximum atomic E-state index is 13.3. The molecule has 2 aromatic heterocycles. The van der Waals surface area contributed by atoms with Gasteiger partial charge in [0.25, 0.3) is 0 Å². The number of carbonyl (C=O) groups excluding carboxylic acids is 1. The fourth-order valence-corrected chi connectivity index (χ4v) is 2.32. The molecule has 0 fully saturated rings. The molecule has 3 rings (SSSR count). The molecule has 0 saturated heterocycles. The standard InChI is InChI=1S/C16H11F3N2O2/c1-23-15(22)13-7-10-11(16(17,18)19)8-12(20-14(10)21-13)9-5-3-2-4-6-9/h2-8H,1H3,(H,20,21). The Morgan fingerprint density at radius 1 is 1.17 bits per heavy atom. The summed E-state index contributed by atoms with van der Waals surface area (Å²) in [6.45, 7) is 0. The van der Waals surface area contributed by atoms with Crippen LogP contribution in [0.1, 0.15) is 16.1 Å². The number of hydrogen-bond acceptors (Lipinski definition) is 3. The molecule has 0 aliphatic heterocycles. The number of esters is 1. The zero-order valence-electron chi connectivity index (χ0n) is 11.9. The molecule has 0 saturated carbocycles. The number of rotatable bonds is 2. The maximum absolute atomic E-state index is 13.3. The number of aromatic nitrogens is 2. The van der Waals surface area contributed by atoms with Crippen LogP contribution in [0.4, 0.5) is 13.2 Å². The highest BCUT2D eigenvalue weighted by atomic mass is 19.4. The molecule has 0 spiro atoms. The molecule has 3 aromatic rings. The number of carbonyl (C=O) groups is 1. The van der Waals surface area contributed by atoms with Crippen LogP contribution in [0.15, 0.2) is 42.5 Å². The first-order valence-electron chi connectivity index (χ1n) is 6.65. The number of alkyl halides is 3. The number of nitrogens with one attached hydrogen (secondary N) is 1. The largest absolute Gasteiger partial charge is 0.464 e. The number of methoxy groups -OCH3 is 1. The lowest BCUT2D eigenvalue weighted by Crippen LogP contribution is -2.06. The second-order valence-electron chi connectivity index (χ2n) is 4.86. The molecule has 7 heteroatoms. The van der Waals surface area contributed by atoms with E-state index in [0.717, 1.165) is 19.2 Å². The molecule has 0 bridgehead atoms. The van der Waals surface area contributed by atoms with Crippen LogP contribution >= 0.6 is 0 Å². The second-order valence-corrected chi connectivity index (χ2v) is 4.86.